The smallest absolute Gasteiger partial charge is 0.134 e. The lowest BCUT2D eigenvalue weighted by Crippen LogP contribution is -2.41. The average Bonchev–Trinajstić information content (AvgIpc) is 3.18. The van der Waals surface area contributed by atoms with Crippen LogP contribution in [0, 0.1) is 0 Å². The molecule has 4 heteroatoms. The van der Waals surface area contributed by atoms with Crippen molar-refractivity contribution in [2.75, 3.05) is 19.7 Å². The first-order chi connectivity index (χ1) is 14.3. The minimum atomic E-state index is 0.695. The zero-order valence-electron chi connectivity index (χ0n) is 16.9. The second-order valence-corrected chi connectivity index (χ2v) is 9.04. The topological polar surface area (TPSA) is 25.6 Å². The summed E-state index contributed by atoms with van der Waals surface area (Å²) in [5, 5.41) is 1.23. The number of hydrogen-bond donors (Lipinski definition) is 0. The number of rotatable bonds is 5. The molecule has 2 aromatic carbocycles. The molecule has 3 nitrogen and oxygen atoms in total. The van der Waals surface area contributed by atoms with Gasteiger partial charge in [-0.05, 0) is 80.8 Å². The van der Waals surface area contributed by atoms with Crippen molar-refractivity contribution in [3.63, 3.8) is 0 Å². The van der Waals surface area contributed by atoms with Crippen molar-refractivity contribution in [3.05, 3.63) is 60.4 Å². The summed E-state index contributed by atoms with van der Waals surface area (Å²) in [6, 6.07) is 15.6. The monoisotopic (exact) mass is 405 g/mol. The maximum Gasteiger partial charge on any atom is 0.134 e. The first-order valence-corrected chi connectivity index (χ1v) is 11.5. The summed E-state index contributed by atoms with van der Waals surface area (Å²) in [6.45, 7) is 5.03. The number of benzene rings is 2. The summed E-state index contributed by atoms with van der Waals surface area (Å²) in [7, 11) is 0. The molecule has 2 aliphatic rings. The van der Waals surface area contributed by atoms with E-state index in [0.29, 0.717) is 12.6 Å². The van der Waals surface area contributed by atoms with Crippen LogP contribution in [0.4, 0.5) is 0 Å². The van der Waals surface area contributed by atoms with Gasteiger partial charge in [-0.1, -0.05) is 24.3 Å². The van der Waals surface area contributed by atoms with E-state index in [0.717, 1.165) is 24.3 Å². The Morgan fingerprint density at radius 3 is 2.83 bits per heavy atom. The lowest BCUT2D eigenvalue weighted by molar-refractivity contribution is 0.161. The van der Waals surface area contributed by atoms with Gasteiger partial charge in [0, 0.05) is 33.3 Å². The molecule has 3 aromatic rings. The zero-order valence-corrected chi connectivity index (χ0v) is 17.7. The molecule has 0 aliphatic carbocycles. The molecule has 150 valence electrons. The van der Waals surface area contributed by atoms with Crippen LogP contribution in [-0.4, -0.2) is 30.6 Å². The first kappa shape index (κ1) is 18.8. The third-order valence-electron chi connectivity index (χ3n) is 6.04. The number of nitrogens with zero attached hydrogens (tertiary/aromatic N) is 1. The fourth-order valence-corrected chi connectivity index (χ4v) is 5.40. The van der Waals surface area contributed by atoms with Gasteiger partial charge in [0.05, 0.1) is 12.9 Å². The predicted octanol–water partition coefficient (Wildman–Crippen LogP) is 6.62. The molecule has 0 amide bonds. The van der Waals surface area contributed by atoms with Gasteiger partial charge in [0.25, 0.3) is 0 Å². The molecular weight excluding hydrogens is 378 g/mol. The van der Waals surface area contributed by atoms with Crippen LogP contribution in [0.25, 0.3) is 16.5 Å². The van der Waals surface area contributed by atoms with E-state index in [1.165, 1.54) is 52.1 Å². The molecule has 0 N–H and O–H groups in total. The van der Waals surface area contributed by atoms with E-state index in [9.17, 15) is 0 Å². The van der Waals surface area contributed by atoms with Crippen molar-refractivity contribution in [2.24, 2.45) is 0 Å². The van der Waals surface area contributed by atoms with Gasteiger partial charge in [0.15, 0.2) is 0 Å². The fraction of sp³-hybridized carbons (Fsp3) is 0.360. The van der Waals surface area contributed by atoms with E-state index in [-0.39, 0.29) is 0 Å². The summed E-state index contributed by atoms with van der Waals surface area (Å²) >= 11 is 1.78. The Hall–Kier alpha value is -2.17. The Bertz CT molecular complexity index is 1020. The van der Waals surface area contributed by atoms with Crippen molar-refractivity contribution in [1.82, 2.24) is 4.90 Å². The van der Waals surface area contributed by atoms with Crippen LogP contribution < -0.4 is 4.74 Å². The number of piperidine rings is 1. The maximum absolute atomic E-state index is 5.91. The summed E-state index contributed by atoms with van der Waals surface area (Å²) < 4.78 is 11.5. The van der Waals surface area contributed by atoms with Gasteiger partial charge in [0.2, 0.25) is 0 Å². The van der Waals surface area contributed by atoms with Gasteiger partial charge < -0.3 is 9.15 Å². The Labute approximate surface area is 176 Å². The molecular formula is C25H27NO2S. The van der Waals surface area contributed by atoms with Crippen LogP contribution in [-0.2, 0) is 0 Å². The highest BCUT2D eigenvalue weighted by atomic mass is 32.2. The van der Waals surface area contributed by atoms with Crippen molar-refractivity contribution >= 4 is 28.3 Å². The van der Waals surface area contributed by atoms with Crippen LogP contribution in [0.2, 0.25) is 0 Å². The summed E-state index contributed by atoms with van der Waals surface area (Å²) in [5.74, 6) is 0.922. The molecule has 1 saturated heterocycles. The van der Waals surface area contributed by atoms with Gasteiger partial charge in [-0.2, -0.15) is 0 Å². The van der Waals surface area contributed by atoms with Gasteiger partial charge in [0.1, 0.15) is 11.3 Å². The van der Waals surface area contributed by atoms with Gasteiger partial charge in [-0.15, -0.1) is 0 Å². The second kappa shape index (κ2) is 8.29. The summed E-state index contributed by atoms with van der Waals surface area (Å²) in [6.07, 6.45) is 9.56. The second-order valence-electron chi connectivity index (χ2n) is 7.89. The Morgan fingerprint density at radius 1 is 1.10 bits per heavy atom. The maximum atomic E-state index is 5.91. The minimum Gasteiger partial charge on any atom is -0.494 e. The van der Waals surface area contributed by atoms with E-state index >= 15 is 0 Å². The number of ether oxygens (including phenoxy) is 1. The highest BCUT2D eigenvalue weighted by Gasteiger charge is 2.27. The Balaban J connectivity index is 1.39. The molecule has 1 unspecified atom stereocenters. The highest BCUT2D eigenvalue weighted by molar-refractivity contribution is 7.99. The van der Waals surface area contributed by atoms with Crippen LogP contribution >= 0.6 is 11.8 Å². The molecule has 3 heterocycles. The normalized spacial score (nSPS) is 19.8. The molecule has 0 spiro atoms. The van der Waals surface area contributed by atoms with E-state index < -0.39 is 0 Å². The molecule has 29 heavy (non-hydrogen) atoms. The molecule has 0 saturated carbocycles. The van der Waals surface area contributed by atoms with E-state index in [4.69, 9.17) is 9.15 Å². The standard InChI is InChI=1S/C25H27NO2S/c1-2-27-20-6-8-21(9-7-20)29-22-10-11-25-23(16-22)24(17-28-25)18-12-14-26-13-4-3-5-19(26)15-18/h6-12,16-17,19H,2-5,13-15H2,1H3. The molecule has 1 aromatic heterocycles. The van der Waals surface area contributed by atoms with E-state index in [1.54, 1.807) is 11.8 Å². The van der Waals surface area contributed by atoms with Gasteiger partial charge >= 0.3 is 0 Å². The molecule has 1 fully saturated rings. The molecule has 2 aliphatic heterocycles. The average molecular weight is 406 g/mol. The van der Waals surface area contributed by atoms with Crippen LogP contribution in [0.1, 0.15) is 38.2 Å². The van der Waals surface area contributed by atoms with Gasteiger partial charge in [-0.3, -0.25) is 4.90 Å². The number of furan rings is 1. The highest BCUT2D eigenvalue weighted by Crippen LogP contribution is 2.38. The zero-order chi connectivity index (χ0) is 19.6. The Morgan fingerprint density at radius 2 is 1.97 bits per heavy atom. The SMILES string of the molecule is CCOc1ccc(Sc2ccc3occ(C4=CCN5CCCCC5C4)c3c2)cc1. The largest absolute Gasteiger partial charge is 0.494 e. The third kappa shape index (κ3) is 3.96. The molecule has 5 rings (SSSR count). The number of hydrogen-bond acceptors (Lipinski definition) is 4. The summed E-state index contributed by atoms with van der Waals surface area (Å²) in [5.41, 5.74) is 3.71. The lowest BCUT2D eigenvalue weighted by Gasteiger charge is -2.38. The van der Waals surface area contributed by atoms with Crippen LogP contribution in [0.15, 0.2) is 69.0 Å². The van der Waals surface area contributed by atoms with E-state index in [1.807, 2.05) is 25.3 Å². The number of fused-ring (bicyclic) bond motifs is 2. The van der Waals surface area contributed by atoms with Crippen molar-refractivity contribution in [3.8, 4) is 5.75 Å². The van der Waals surface area contributed by atoms with Crippen molar-refractivity contribution in [2.45, 2.75) is 48.4 Å². The molecule has 0 bridgehead atoms. The molecule has 1 atom stereocenters. The van der Waals surface area contributed by atoms with E-state index in [2.05, 4.69) is 41.3 Å². The van der Waals surface area contributed by atoms with Crippen LogP contribution in [0.3, 0.4) is 0 Å². The predicted molar refractivity (Wildman–Crippen MR) is 120 cm³/mol. The Kier molecular flexibility index (Phi) is 5.38. The quantitative estimate of drug-likeness (QED) is 0.476. The third-order valence-corrected chi connectivity index (χ3v) is 7.04. The van der Waals surface area contributed by atoms with Gasteiger partial charge in [-0.25, -0.2) is 0 Å². The molecule has 0 radical (unpaired) electrons. The lowest BCUT2D eigenvalue weighted by atomic mass is 9.89. The minimum absolute atomic E-state index is 0.695. The van der Waals surface area contributed by atoms with Crippen molar-refractivity contribution < 1.29 is 9.15 Å². The van der Waals surface area contributed by atoms with Crippen molar-refractivity contribution in [1.29, 1.82) is 0 Å². The van der Waals surface area contributed by atoms with Crippen LogP contribution in [0.5, 0.6) is 5.75 Å². The summed E-state index contributed by atoms with van der Waals surface area (Å²) in [4.78, 5) is 5.09. The first-order valence-electron chi connectivity index (χ1n) is 10.7. The fourth-order valence-electron chi connectivity index (χ4n) is 4.54.